The molecule has 0 bridgehead atoms. The average Bonchev–Trinajstić information content (AvgIpc) is 2.73. The molecule has 0 aromatic carbocycles. The third-order valence-electron chi connectivity index (χ3n) is 2.66. The van der Waals surface area contributed by atoms with E-state index in [1.807, 2.05) is 20.8 Å². The molecule has 2 amide bonds. The predicted octanol–water partition coefficient (Wildman–Crippen LogP) is 0.342. The number of H-pyrrole nitrogens is 1. The van der Waals surface area contributed by atoms with Gasteiger partial charge in [0.05, 0.1) is 0 Å². The molecule has 0 saturated carbocycles. The molecular formula is C12H21N5O2. The standard InChI is InChI=1S/C12H21N5O2/c1-6(2)7(8(13)18)14-10(19)9-15-11(17-16-9)12(3,4)5/h6-7H,1-5H3,(H2,13,18)(H,14,19)(H,15,16,17). The number of amides is 2. The smallest absolute Gasteiger partial charge is 0.291 e. The molecule has 1 atom stereocenters. The molecule has 7 heteroatoms. The Labute approximate surface area is 112 Å². The molecule has 106 valence electrons. The van der Waals surface area contributed by atoms with E-state index in [9.17, 15) is 9.59 Å². The fourth-order valence-electron chi connectivity index (χ4n) is 1.47. The minimum Gasteiger partial charge on any atom is -0.368 e. The van der Waals surface area contributed by atoms with Crippen molar-refractivity contribution in [3.05, 3.63) is 11.6 Å². The van der Waals surface area contributed by atoms with Gasteiger partial charge in [-0.1, -0.05) is 34.6 Å². The Morgan fingerprint density at radius 1 is 1.32 bits per heavy atom. The molecule has 0 aliphatic carbocycles. The Morgan fingerprint density at radius 3 is 2.26 bits per heavy atom. The third-order valence-corrected chi connectivity index (χ3v) is 2.66. The second-order valence-electron chi connectivity index (χ2n) is 5.86. The van der Waals surface area contributed by atoms with Gasteiger partial charge < -0.3 is 11.1 Å². The molecule has 1 rings (SSSR count). The highest BCUT2D eigenvalue weighted by atomic mass is 16.2. The van der Waals surface area contributed by atoms with Crippen molar-refractivity contribution in [3.63, 3.8) is 0 Å². The van der Waals surface area contributed by atoms with Gasteiger partial charge in [0.15, 0.2) is 0 Å². The summed E-state index contributed by atoms with van der Waals surface area (Å²) in [4.78, 5) is 27.3. The number of rotatable bonds is 4. The van der Waals surface area contributed by atoms with Crippen LogP contribution in [0.3, 0.4) is 0 Å². The molecule has 0 aliphatic rings. The number of aromatic amines is 1. The first-order valence-corrected chi connectivity index (χ1v) is 6.16. The van der Waals surface area contributed by atoms with Crippen molar-refractivity contribution in [2.45, 2.75) is 46.1 Å². The zero-order valence-corrected chi connectivity index (χ0v) is 11.9. The summed E-state index contributed by atoms with van der Waals surface area (Å²) in [5.74, 6) is -0.559. The van der Waals surface area contributed by atoms with Gasteiger partial charge in [0.25, 0.3) is 5.91 Å². The largest absolute Gasteiger partial charge is 0.368 e. The lowest BCUT2D eigenvalue weighted by Gasteiger charge is -2.17. The summed E-state index contributed by atoms with van der Waals surface area (Å²) in [6, 6.07) is -0.732. The summed E-state index contributed by atoms with van der Waals surface area (Å²) in [6.45, 7) is 9.46. The lowest BCUT2D eigenvalue weighted by Crippen LogP contribution is -2.47. The number of nitrogens with zero attached hydrogens (tertiary/aromatic N) is 2. The monoisotopic (exact) mass is 267 g/mol. The Hall–Kier alpha value is -1.92. The van der Waals surface area contributed by atoms with E-state index in [4.69, 9.17) is 5.73 Å². The van der Waals surface area contributed by atoms with Crippen LogP contribution in [0, 0.1) is 5.92 Å². The van der Waals surface area contributed by atoms with E-state index >= 15 is 0 Å². The van der Waals surface area contributed by atoms with Gasteiger partial charge in [-0.05, 0) is 5.92 Å². The molecule has 1 heterocycles. The molecule has 0 fully saturated rings. The zero-order chi connectivity index (χ0) is 14.8. The molecule has 19 heavy (non-hydrogen) atoms. The maximum absolute atomic E-state index is 11.9. The van der Waals surface area contributed by atoms with E-state index in [2.05, 4.69) is 20.5 Å². The van der Waals surface area contributed by atoms with Gasteiger partial charge in [0.1, 0.15) is 11.9 Å². The first-order chi connectivity index (χ1) is 8.62. The second-order valence-corrected chi connectivity index (χ2v) is 5.86. The van der Waals surface area contributed by atoms with E-state index in [1.54, 1.807) is 13.8 Å². The minimum absolute atomic E-state index is 0.0109. The zero-order valence-electron chi connectivity index (χ0n) is 11.9. The topological polar surface area (TPSA) is 114 Å². The Kier molecular flexibility index (Phi) is 4.28. The van der Waals surface area contributed by atoms with Gasteiger partial charge in [-0.25, -0.2) is 4.98 Å². The molecule has 1 unspecified atom stereocenters. The van der Waals surface area contributed by atoms with Crippen LogP contribution in [0.2, 0.25) is 0 Å². The Morgan fingerprint density at radius 2 is 1.89 bits per heavy atom. The molecule has 1 aromatic rings. The summed E-state index contributed by atoms with van der Waals surface area (Å²) in [6.07, 6.45) is 0. The number of primary amides is 1. The quantitative estimate of drug-likeness (QED) is 0.729. The van der Waals surface area contributed by atoms with Crippen molar-refractivity contribution in [1.29, 1.82) is 0 Å². The van der Waals surface area contributed by atoms with Crippen molar-refractivity contribution in [2.75, 3.05) is 0 Å². The molecular weight excluding hydrogens is 246 g/mol. The molecule has 0 spiro atoms. The van der Waals surface area contributed by atoms with Gasteiger partial charge in [-0.3, -0.25) is 14.7 Å². The summed E-state index contributed by atoms with van der Waals surface area (Å²) in [5, 5.41) is 9.11. The first-order valence-electron chi connectivity index (χ1n) is 6.16. The van der Waals surface area contributed by atoms with Crippen LogP contribution in [0.25, 0.3) is 0 Å². The van der Waals surface area contributed by atoms with Crippen LogP contribution >= 0.6 is 0 Å². The van der Waals surface area contributed by atoms with Crippen LogP contribution in [0.5, 0.6) is 0 Å². The van der Waals surface area contributed by atoms with Crippen LogP contribution < -0.4 is 11.1 Å². The number of aromatic nitrogens is 3. The molecule has 1 aromatic heterocycles. The van der Waals surface area contributed by atoms with E-state index in [0.29, 0.717) is 5.82 Å². The van der Waals surface area contributed by atoms with Gasteiger partial charge >= 0.3 is 0 Å². The second kappa shape index (κ2) is 5.38. The number of carbonyl (C=O) groups excluding carboxylic acids is 2. The number of hydrogen-bond acceptors (Lipinski definition) is 4. The van der Waals surface area contributed by atoms with Gasteiger partial charge in [-0.15, -0.1) is 5.10 Å². The number of hydrogen-bond donors (Lipinski definition) is 3. The van der Waals surface area contributed by atoms with Crippen LogP contribution in [0.1, 0.15) is 51.1 Å². The lowest BCUT2D eigenvalue weighted by molar-refractivity contribution is -0.120. The normalized spacial score (nSPS) is 13.4. The Balaban J connectivity index is 2.84. The van der Waals surface area contributed by atoms with Gasteiger partial charge in [0, 0.05) is 5.41 Å². The lowest BCUT2D eigenvalue weighted by atomic mass is 9.96. The summed E-state index contributed by atoms with van der Waals surface area (Å²) >= 11 is 0. The van der Waals surface area contributed by atoms with Crippen molar-refractivity contribution in [3.8, 4) is 0 Å². The summed E-state index contributed by atoms with van der Waals surface area (Å²) < 4.78 is 0. The highest BCUT2D eigenvalue weighted by Gasteiger charge is 2.26. The minimum atomic E-state index is -0.732. The molecule has 0 radical (unpaired) electrons. The molecule has 7 nitrogen and oxygen atoms in total. The predicted molar refractivity (Wildman–Crippen MR) is 70.4 cm³/mol. The van der Waals surface area contributed by atoms with E-state index in [1.165, 1.54) is 0 Å². The molecule has 4 N–H and O–H groups in total. The van der Waals surface area contributed by atoms with Crippen molar-refractivity contribution >= 4 is 11.8 Å². The highest BCUT2D eigenvalue weighted by Crippen LogP contribution is 2.17. The maximum Gasteiger partial charge on any atom is 0.291 e. The number of nitrogens with two attached hydrogens (primary N) is 1. The van der Waals surface area contributed by atoms with E-state index in [0.717, 1.165) is 0 Å². The van der Waals surface area contributed by atoms with Crippen molar-refractivity contribution in [1.82, 2.24) is 20.5 Å². The summed E-state index contributed by atoms with van der Waals surface area (Å²) in [7, 11) is 0. The van der Waals surface area contributed by atoms with E-state index < -0.39 is 17.9 Å². The number of nitrogens with one attached hydrogen (secondary N) is 2. The van der Waals surface area contributed by atoms with Gasteiger partial charge in [-0.2, -0.15) is 0 Å². The SMILES string of the molecule is CC(C)C(NC(=O)c1n[nH]c(C(C)(C)C)n1)C(N)=O. The average molecular weight is 267 g/mol. The van der Waals surface area contributed by atoms with Crippen LogP contribution in [0.4, 0.5) is 0 Å². The van der Waals surface area contributed by atoms with Gasteiger partial charge in [0.2, 0.25) is 11.7 Å². The molecule has 0 aliphatic heterocycles. The third kappa shape index (κ3) is 3.77. The fourth-order valence-corrected chi connectivity index (χ4v) is 1.47. The van der Waals surface area contributed by atoms with Crippen LogP contribution in [-0.4, -0.2) is 33.0 Å². The van der Waals surface area contributed by atoms with Crippen LogP contribution in [-0.2, 0) is 10.2 Å². The summed E-state index contributed by atoms with van der Waals surface area (Å²) in [5.41, 5.74) is 5.01. The highest BCUT2D eigenvalue weighted by molar-refractivity contribution is 5.94. The van der Waals surface area contributed by atoms with E-state index in [-0.39, 0.29) is 17.2 Å². The van der Waals surface area contributed by atoms with Crippen molar-refractivity contribution < 1.29 is 9.59 Å². The number of carbonyl (C=O) groups is 2. The molecule has 0 saturated heterocycles. The van der Waals surface area contributed by atoms with Crippen molar-refractivity contribution in [2.24, 2.45) is 11.7 Å². The van der Waals surface area contributed by atoms with Crippen LogP contribution in [0.15, 0.2) is 0 Å². The fraction of sp³-hybridized carbons (Fsp3) is 0.667. The maximum atomic E-state index is 11.9. The first kappa shape index (κ1) is 15.1. The Bertz CT molecular complexity index is 473.